The maximum atomic E-state index is 13.0. The highest BCUT2D eigenvalue weighted by molar-refractivity contribution is 5.48. The van der Waals surface area contributed by atoms with Gasteiger partial charge in [-0.3, -0.25) is 0 Å². The zero-order chi connectivity index (χ0) is 15.7. The number of alkyl halides is 6. The van der Waals surface area contributed by atoms with Gasteiger partial charge in [0.15, 0.2) is 0 Å². The van der Waals surface area contributed by atoms with E-state index in [1.54, 1.807) is 18.2 Å². The first-order chi connectivity index (χ1) is 9.68. The van der Waals surface area contributed by atoms with Crippen molar-refractivity contribution in [3.05, 3.63) is 42.1 Å². The molecular weight excluding hydrogens is 300 g/mol. The summed E-state index contributed by atoms with van der Waals surface area (Å²) >= 11 is 0. The maximum Gasteiger partial charge on any atom is 0.424 e. The number of rotatable bonds is 2. The summed E-state index contributed by atoms with van der Waals surface area (Å²) in [5.41, 5.74) is -3.68. The van der Waals surface area contributed by atoms with Gasteiger partial charge < -0.3 is 0 Å². The summed E-state index contributed by atoms with van der Waals surface area (Å²) in [6.45, 7) is -1.51. The van der Waals surface area contributed by atoms with E-state index in [-0.39, 0.29) is 5.01 Å². The van der Waals surface area contributed by atoms with E-state index in [1.165, 1.54) is 12.1 Å². The molecule has 1 aromatic rings. The van der Waals surface area contributed by atoms with E-state index in [2.05, 4.69) is 10.3 Å². The predicted octanol–water partition coefficient (Wildman–Crippen LogP) is 4.20. The molecule has 2 rings (SSSR count). The van der Waals surface area contributed by atoms with Crippen LogP contribution >= 0.6 is 0 Å². The smallest absolute Gasteiger partial charge is 0.228 e. The Morgan fingerprint density at radius 1 is 1.00 bits per heavy atom. The molecule has 1 aliphatic rings. The molecule has 21 heavy (non-hydrogen) atoms. The standard InChI is InChI=1S/C12H9F6N3/c13-11(14,15)10(12(16,17)18)8-19-20-21(10)7-6-9-4-2-1-3-5-9/h1-7H,8H2/b7-6+. The van der Waals surface area contributed by atoms with Gasteiger partial charge in [0.2, 0.25) is 0 Å². The highest BCUT2D eigenvalue weighted by Crippen LogP contribution is 2.50. The van der Waals surface area contributed by atoms with Crippen LogP contribution in [0.4, 0.5) is 26.3 Å². The second-order valence-electron chi connectivity index (χ2n) is 4.32. The first-order valence-corrected chi connectivity index (χ1v) is 5.72. The third-order valence-electron chi connectivity index (χ3n) is 3.00. The number of nitrogens with zero attached hydrogens (tertiary/aromatic N) is 3. The summed E-state index contributed by atoms with van der Waals surface area (Å²) in [5, 5.41) is 5.71. The fourth-order valence-electron chi connectivity index (χ4n) is 1.83. The molecule has 0 spiro atoms. The first kappa shape index (κ1) is 15.3. The normalized spacial score (nSPS) is 18.7. The van der Waals surface area contributed by atoms with Gasteiger partial charge in [-0.15, -0.1) is 0 Å². The Labute approximate surface area is 115 Å². The highest BCUT2D eigenvalue weighted by Gasteiger charge is 2.76. The molecule has 0 unspecified atom stereocenters. The molecule has 0 saturated carbocycles. The maximum absolute atomic E-state index is 13.0. The van der Waals surface area contributed by atoms with Crippen LogP contribution in [-0.4, -0.2) is 29.4 Å². The van der Waals surface area contributed by atoms with E-state index >= 15 is 0 Å². The van der Waals surface area contributed by atoms with Crippen LogP contribution in [0.2, 0.25) is 0 Å². The van der Waals surface area contributed by atoms with Gasteiger partial charge >= 0.3 is 12.4 Å². The number of halogens is 6. The Hall–Kier alpha value is -2.06. The molecule has 0 bridgehead atoms. The molecule has 0 radical (unpaired) electrons. The van der Waals surface area contributed by atoms with Gasteiger partial charge in [0, 0.05) is 6.20 Å². The Morgan fingerprint density at radius 3 is 2.10 bits per heavy atom. The molecule has 1 heterocycles. The van der Waals surface area contributed by atoms with E-state index in [1.807, 2.05) is 0 Å². The van der Waals surface area contributed by atoms with Gasteiger partial charge in [-0.2, -0.15) is 31.5 Å². The molecule has 0 fully saturated rings. The fraction of sp³-hybridized carbons (Fsp3) is 0.333. The summed E-state index contributed by atoms with van der Waals surface area (Å²) in [6, 6.07) is 7.94. The van der Waals surface area contributed by atoms with Gasteiger partial charge in [-0.1, -0.05) is 35.6 Å². The molecule has 0 aliphatic carbocycles. The van der Waals surface area contributed by atoms with Gasteiger partial charge in [0.05, 0.1) is 0 Å². The number of hydrogen-bond acceptors (Lipinski definition) is 3. The van der Waals surface area contributed by atoms with Crippen molar-refractivity contribution < 1.29 is 26.3 Å². The van der Waals surface area contributed by atoms with E-state index in [0.29, 0.717) is 11.8 Å². The van der Waals surface area contributed by atoms with Gasteiger partial charge in [-0.25, -0.2) is 5.01 Å². The Kier molecular flexibility index (Phi) is 3.68. The molecule has 1 aliphatic heterocycles. The van der Waals surface area contributed by atoms with Crippen molar-refractivity contribution in [1.29, 1.82) is 0 Å². The average molecular weight is 309 g/mol. The van der Waals surface area contributed by atoms with E-state index < -0.39 is 24.4 Å². The molecule has 1 aromatic carbocycles. The second kappa shape index (κ2) is 5.05. The minimum atomic E-state index is -5.56. The van der Waals surface area contributed by atoms with Crippen molar-refractivity contribution in [2.24, 2.45) is 10.3 Å². The van der Waals surface area contributed by atoms with Crippen molar-refractivity contribution in [3.63, 3.8) is 0 Å². The first-order valence-electron chi connectivity index (χ1n) is 5.72. The molecule has 0 saturated heterocycles. The van der Waals surface area contributed by atoms with Crippen LogP contribution in [0, 0.1) is 0 Å². The van der Waals surface area contributed by atoms with Crippen LogP contribution in [0.15, 0.2) is 46.9 Å². The third-order valence-corrected chi connectivity index (χ3v) is 3.00. The molecule has 0 N–H and O–H groups in total. The monoisotopic (exact) mass is 309 g/mol. The summed E-state index contributed by atoms with van der Waals surface area (Å²) in [7, 11) is 0. The van der Waals surface area contributed by atoms with Crippen molar-refractivity contribution in [2.45, 2.75) is 17.9 Å². The van der Waals surface area contributed by atoms with Crippen LogP contribution in [0.5, 0.6) is 0 Å². The Balaban J connectivity index is 2.37. The van der Waals surface area contributed by atoms with Gasteiger partial charge in [0.25, 0.3) is 5.54 Å². The lowest BCUT2D eigenvalue weighted by molar-refractivity contribution is -0.324. The molecule has 0 atom stereocenters. The molecule has 3 nitrogen and oxygen atoms in total. The summed E-state index contributed by atoms with van der Waals surface area (Å²) < 4.78 is 77.8. The quantitative estimate of drug-likeness (QED) is 0.752. The van der Waals surface area contributed by atoms with Crippen LogP contribution in [0.25, 0.3) is 6.08 Å². The van der Waals surface area contributed by atoms with Gasteiger partial charge in [0.1, 0.15) is 6.54 Å². The number of benzene rings is 1. The number of hydrogen-bond donors (Lipinski definition) is 0. The van der Waals surface area contributed by atoms with Crippen LogP contribution < -0.4 is 0 Å². The summed E-state index contributed by atoms with van der Waals surface area (Å²) in [5.74, 6) is 0. The van der Waals surface area contributed by atoms with Crippen molar-refractivity contribution in [3.8, 4) is 0 Å². The van der Waals surface area contributed by atoms with Crippen LogP contribution in [-0.2, 0) is 0 Å². The van der Waals surface area contributed by atoms with Crippen molar-refractivity contribution in [1.82, 2.24) is 5.01 Å². The van der Waals surface area contributed by atoms with E-state index in [4.69, 9.17) is 0 Å². The van der Waals surface area contributed by atoms with E-state index in [0.717, 1.165) is 6.08 Å². The minimum absolute atomic E-state index is 0.181. The molecule has 0 amide bonds. The Morgan fingerprint density at radius 2 is 1.57 bits per heavy atom. The third kappa shape index (κ3) is 2.59. The Bertz CT molecular complexity index is 532. The molecular formula is C12H9F6N3. The molecule has 0 aromatic heterocycles. The van der Waals surface area contributed by atoms with Crippen LogP contribution in [0.1, 0.15) is 5.56 Å². The predicted molar refractivity (Wildman–Crippen MR) is 61.9 cm³/mol. The lowest BCUT2D eigenvalue weighted by Gasteiger charge is -2.36. The average Bonchev–Trinajstić information content (AvgIpc) is 2.81. The second-order valence-corrected chi connectivity index (χ2v) is 4.32. The lowest BCUT2D eigenvalue weighted by Crippen LogP contribution is -2.64. The summed E-state index contributed by atoms with van der Waals surface area (Å²) in [4.78, 5) is 0. The van der Waals surface area contributed by atoms with E-state index in [9.17, 15) is 26.3 Å². The van der Waals surface area contributed by atoms with Crippen LogP contribution in [0.3, 0.4) is 0 Å². The SMILES string of the molecule is FC(F)(F)C1(C(F)(F)F)CN=NN1/C=C/c1ccccc1. The zero-order valence-electron chi connectivity index (χ0n) is 10.4. The van der Waals surface area contributed by atoms with Gasteiger partial charge in [-0.05, 0) is 11.6 Å². The fourth-order valence-corrected chi connectivity index (χ4v) is 1.83. The topological polar surface area (TPSA) is 28.0 Å². The lowest BCUT2D eigenvalue weighted by atomic mass is 9.98. The van der Waals surface area contributed by atoms with Crippen molar-refractivity contribution in [2.75, 3.05) is 6.54 Å². The summed E-state index contributed by atoms with van der Waals surface area (Å²) in [6.07, 6.45) is -9.38. The largest absolute Gasteiger partial charge is 0.424 e. The molecule has 114 valence electrons. The highest BCUT2D eigenvalue weighted by atomic mass is 19.4. The van der Waals surface area contributed by atoms with Crippen molar-refractivity contribution >= 4 is 6.08 Å². The zero-order valence-corrected chi connectivity index (χ0v) is 10.4. The molecule has 9 heteroatoms. The minimum Gasteiger partial charge on any atom is -0.228 e.